The molecule has 10 heteroatoms. The van der Waals surface area contributed by atoms with Crippen LogP contribution in [0.2, 0.25) is 0 Å². The normalized spacial score (nSPS) is 22.5. The number of fused-ring (bicyclic) bond motifs is 1. The summed E-state index contributed by atoms with van der Waals surface area (Å²) in [7, 11) is 0. The fourth-order valence-electron chi connectivity index (χ4n) is 4.85. The largest absolute Gasteiger partial charge is 0.416 e. The van der Waals surface area contributed by atoms with Crippen LogP contribution in [0.15, 0.2) is 53.7 Å². The van der Waals surface area contributed by atoms with Crippen molar-refractivity contribution in [1.82, 2.24) is 19.0 Å². The maximum absolute atomic E-state index is 13.3. The lowest BCUT2D eigenvalue weighted by Crippen LogP contribution is -2.52. The molecular weight excluding hydrogens is 461 g/mol. The summed E-state index contributed by atoms with van der Waals surface area (Å²) in [5.41, 5.74) is 1.29. The van der Waals surface area contributed by atoms with Crippen LogP contribution in [-0.2, 0) is 17.5 Å². The molecule has 1 aromatic carbocycles. The molecule has 0 spiro atoms. The van der Waals surface area contributed by atoms with Crippen LogP contribution >= 0.6 is 0 Å². The molecule has 2 aliphatic heterocycles. The minimum atomic E-state index is -4.38. The van der Waals surface area contributed by atoms with E-state index in [0.717, 1.165) is 17.8 Å². The molecule has 3 atom stereocenters. The minimum absolute atomic E-state index is 0.221. The molecule has 1 fully saturated rings. The molecule has 0 saturated carbocycles. The lowest BCUT2D eigenvalue weighted by molar-refractivity contribution is -0.137. The molecule has 184 valence electrons. The SMILES string of the molecule is Cc1cn(-c2ccc3n(c2=O)C[C@H](C)N(C[C@@H]2CC[C@H](c4ccc(C(F)(F)F)cc4)O2)C3=O)cn1. The van der Waals surface area contributed by atoms with Crippen LogP contribution in [0, 0.1) is 6.92 Å². The molecule has 4 heterocycles. The highest BCUT2D eigenvalue weighted by molar-refractivity contribution is 5.93. The van der Waals surface area contributed by atoms with Crippen molar-refractivity contribution in [3.05, 3.63) is 81.8 Å². The van der Waals surface area contributed by atoms with Crippen LogP contribution in [-0.4, -0.2) is 43.6 Å². The van der Waals surface area contributed by atoms with Gasteiger partial charge in [0.25, 0.3) is 11.5 Å². The number of hydrogen-bond donors (Lipinski definition) is 0. The van der Waals surface area contributed by atoms with E-state index in [1.54, 1.807) is 34.1 Å². The van der Waals surface area contributed by atoms with E-state index in [4.69, 9.17) is 4.74 Å². The van der Waals surface area contributed by atoms with Gasteiger partial charge in [0.15, 0.2) is 0 Å². The number of carbonyl (C=O) groups is 1. The Morgan fingerprint density at radius 3 is 2.49 bits per heavy atom. The van der Waals surface area contributed by atoms with Gasteiger partial charge in [-0.1, -0.05) is 12.1 Å². The fourth-order valence-corrected chi connectivity index (χ4v) is 4.85. The third kappa shape index (κ3) is 4.38. The van der Waals surface area contributed by atoms with Crippen molar-refractivity contribution in [2.75, 3.05) is 6.54 Å². The van der Waals surface area contributed by atoms with Crippen molar-refractivity contribution in [3.63, 3.8) is 0 Å². The molecule has 2 aromatic heterocycles. The smallest absolute Gasteiger partial charge is 0.368 e. The number of aromatic nitrogens is 3. The number of rotatable bonds is 4. The van der Waals surface area contributed by atoms with Gasteiger partial charge in [-0.3, -0.25) is 9.59 Å². The number of ether oxygens (including phenoxy) is 1. The predicted octanol–water partition coefficient (Wildman–Crippen LogP) is 4.13. The Labute approximate surface area is 199 Å². The van der Waals surface area contributed by atoms with E-state index in [1.807, 2.05) is 13.8 Å². The number of alkyl halides is 3. The third-order valence-corrected chi connectivity index (χ3v) is 6.72. The van der Waals surface area contributed by atoms with Crippen LogP contribution in [0.3, 0.4) is 0 Å². The van der Waals surface area contributed by atoms with E-state index in [-0.39, 0.29) is 29.7 Å². The Morgan fingerprint density at radius 1 is 1.09 bits per heavy atom. The summed E-state index contributed by atoms with van der Waals surface area (Å²) in [5, 5.41) is 0. The Morgan fingerprint density at radius 2 is 1.83 bits per heavy atom. The number of nitrogens with zero attached hydrogens (tertiary/aromatic N) is 4. The quantitative estimate of drug-likeness (QED) is 0.556. The summed E-state index contributed by atoms with van der Waals surface area (Å²) in [4.78, 5) is 32.3. The standard InChI is InChI=1S/C25H25F3N4O3/c1-15-11-30(14-29-15)20-8-9-21-24(34)31(16(2)12-32(21)23(20)33)13-19-7-10-22(35-19)17-3-5-18(6-4-17)25(26,27)28/h3-6,8-9,11,14,16,19,22H,7,10,12-13H2,1-2H3/t16-,19-,22+/m0/s1. The van der Waals surface area contributed by atoms with Gasteiger partial charge >= 0.3 is 6.18 Å². The number of halogens is 3. The average molecular weight is 486 g/mol. The molecule has 0 N–H and O–H groups in total. The minimum Gasteiger partial charge on any atom is -0.368 e. The molecule has 0 bridgehead atoms. The summed E-state index contributed by atoms with van der Waals surface area (Å²) in [6, 6.07) is 8.11. The Balaban J connectivity index is 1.30. The number of hydrogen-bond acceptors (Lipinski definition) is 4. The second kappa shape index (κ2) is 8.67. The molecule has 35 heavy (non-hydrogen) atoms. The summed E-state index contributed by atoms with van der Waals surface area (Å²) >= 11 is 0. The molecular formula is C25H25F3N4O3. The second-order valence-electron chi connectivity index (χ2n) is 9.19. The highest BCUT2D eigenvalue weighted by Crippen LogP contribution is 2.36. The molecule has 1 saturated heterocycles. The zero-order valence-electron chi connectivity index (χ0n) is 19.3. The monoisotopic (exact) mass is 486 g/mol. The number of imidazole rings is 1. The van der Waals surface area contributed by atoms with Gasteiger partial charge in [-0.25, -0.2) is 4.98 Å². The Bertz CT molecular complexity index is 1310. The van der Waals surface area contributed by atoms with Gasteiger partial charge < -0.3 is 18.8 Å². The number of aryl methyl sites for hydroxylation is 1. The highest BCUT2D eigenvalue weighted by Gasteiger charge is 2.36. The molecule has 0 aliphatic carbocycles. The van der Waals surface area contributed by atoms with Gasteiger partial charge in [0.2, 0.25) is 0 Å². The van der Waals surface area contributed by atoms with Crippen LogP contribution in [0.4, 0.5) is 13.2 Å². The first-order chi connectivity index (χ1) is 16.6. The first kappa shape index (κ1) is 23.3. The molecule has 1 amide bonds. The number of pyridine rings is 1. The maximum atomic E-state index is 13.3. The molecule has 0 radical (unpaired) electrons. The lowest BCUT2D eigenvalue weighted by atomic mass is 10.0. The number of benzene rings is 1. The van der Waals surface area contributed by atoms with Gasteiger partial charge in [-0.15, -0.1) is 0 Å². The second-order valence-corrected chi connectivity index (χ2v) is 9.19. The Hall–Kier alpha value is -3.40. The first-order valence-electron chi connectivity index (χ1n) is 11.5. The van der Waals surface area contributed by atoms with Crippen molar-refractivity contribution in [1.29, 1.82) is 0 Å². The van der Waals surface area contributed by atoms with E-state index in [1.165, 1.54) is 16.7 Å². The van der Waals surface area contributed by atoms with E-state index < -0.39 is 11.7 Å². The molecule has 3 aromatic rings. The van der Waals surface area contributed by atoms with Gasteiger partial charge in [-0.2, -0.15) is 13.2 Å². The van der Waals surface area contributed by atoms with Crippen LogP contribution in [0.1, 0.15) is 53.2 Å². The van der Waals surface area contributed by atoms with Crippen LogP contribution in [0.25, 0.3) is 5.69 Å². The molecule has 2 aliphatic rings. The van der Waals surface area contributed by atoms with Crippen molar-refractivity contribution >= 4 is 5.91 Å². The van der Waals surface area contributed by atoms with Gasteiger partial charge in [0.05, 0.1) is 29.8 Å². The molecule has 0 unspecified atom stereocenters. The zero-order valence-corrected chi connectivity index (χ0v) is 19.3. The molecule has 5 rings (SSSR count). The summed E-state index contributed by atoms with van der Waals surface area (Å²) in [6.07, 6.45) is -0.240. The number of amides is 1. The van der Waals surface area contributed by atoms with Crippen LogP contribution in [0.5, 0.6) is 0 Å². The highest BCUT2D eigenvalue weighted by atomic mass is 19.4. The number of carbonyl (C=O) groups excluding carboxylic acids is 1. The predicted molar refractivity (Wildman–Crippen MR) is 121 cm³/mol. The fraction of sp³-hybridized carbons (Fsp3) is 0.400. The zero-order chi connectivity index (χ0) is 24.9. The third-order valence-electron chi connectivity index (χ3n) is 6.72. The maximum Gasteiger partial charge on any atom is 0.416 e. The topological polar surface area (TPSA) is 69.4 Å². The summed E-state index contributed by atoms with van der Waals surface area (Å²) in [6.45, 7) is 4.44. The first-order valence-corrected chi connectivity index (χ1v) is 11.5. The van der Waals surface area contributed by atoms with Gasteiger partial charge in [-0.05, 0) is 56.5 Å². The van der Waals surface area contributed by atoms with E-state index in [9.17, 15) is 22.8 Å². The van der Waals surface area contributed by atoms with Crippen molar-refractivity contribution < 1.29 is 22.7 Å². The van der Waals surface area contributed by atoms with Crippen molar-refractivity contribution in [2.45, 2.75) is 57.7 Å². The van der Waals surface area contributed by atoms with Gasteiger partial charge in [0.1, 0.15) is 11.4 Å². The van der Waals surface area contributed by atoms with E-state index in [0.29, 0.717) is 42.9 Å². The summed E-state index contributed by atoms with van der Waals surface area (Å²) < 4.78 is 47.8. The lowest BCUT2D eigenvalue weighted by Gasteiger charge is -2.36. The molecule has 7 nitrogen and oxygen atoms in total. The average Bonchev–Trinajstić information content (AvgIpc) is 3.46. The van der Waals surface area contributed by atoms with Crippen molar-refractivity contribution in [2.24, 2.45) is 0 Å². The van der Waals surface area contributed by atoms with E-state index in [2.05, 4.69) is 4.98 Å². The summed E-state index contributed by atoms with van der Waals surface area (Å²) in [5.74, 6) is -0.240. The van der Waals surface area contributed by atoms with Crippen LogP contribution < -0.4 is 5.56 Å². The van der Waals surface area contributed by atoms with Gasteiger partial charge in [0, 0.05) is 25.3 Å². The van der Waals surface area contributed by atoms with Crippen molar-refractivity contribution in [3.8, 4) is 5.69 Å². The Kier molecular flexibility index (Phi) is 5.79. The van der Waals surface area contributed by atoms with E-state index >= 15 is 0 Å².